The van der Waals surface area contributed by atoms with Crippen LogP contribution >= 0.6 is 0 Å². The van der Waals surface area contributed by atoms with Crippen molar-refractivity contribution in [3.8, 4) is 16.9 Å². The smallest absolute Gasteiger partial charge is 0.354 e. The van der Waals surface area contributed by atoms with Gasteiger partial charge in [0, 0.05) is 48.2 Å². The molecular formula is C22H15FN6O3. The minimum absolute atomic E-state index is 0.0809. The standard InChI is InChI=1S/C22H15FN6O3/c1-24-19-11-29-20(28-19)14(12-2-4-17(21(30)31)25-8-12)9-26-22(29)27-10-15-13-6-7-32-18(13)5-3-16(15)23/h2-5,8-9,11H,6-7,10H2,(H,26,27)(H,30,31). The molecule has 0 spiro atoms. The van der Waals surface area contributed by atoms with E-state index >= 15 is 0 Å². The zero-order chi connectivity index (χ0) is 22.2. The first-order chi connectivity index (χ1) is 15.5. The topological polar surface area (TPSA) is 106 Å². The molecule has 0 bridgehead atoms. The number of rotatable bonds is 5. The number of carboxylic acids is 1. The second-order valence-corrected chi connectivity index (χ2v) is 7.09. The van der Waals surface area contributed by atoms with Crippen LogP contribution < -0.4 is 10.1 Å². The first-order valence-corrected chi connectivity index (χ1v) is 9.67. The molecule has 158 valence electrons. The predicted molar refractivity (Wildman–Crippen MR) is 112 cm³/mol. The zero-order valence-electron chi connectivity index (χ0n) is 16.5. The number of imidazole rings is 1. The number of benzene rings is 1. The largest absolute Gasteiger partial charge is 0.493 e. The van der Waals surface area contributed by atoms with E-state index in [1.807, 2.05) is 0 Å². The van der Waals surface area contributed by atoms with Gasteiger partial charge in [0.15, 0.2) is 0 Å². The van der Waals surface area contributed by atoms with Crippen LogP contribution in [0.2, 0.25) is 0 Å². The first-order valence-electron chi connectivity index (χ1n) is 9.67. The number of nitrogens with one attached hydrogen (secondary N) is 1. The fraction of sp³-hybridized carbons (Fsp3) is 0.136. The van der Waals surface area contributed by atoms with Gasteiger partial charge in [0.25, 0.3) is 5.82 Å². The van der Waals surface area contributed by atoms with E-state index in [0.29, 0.717) is 47.1 Å². The van der Waals surface area contributed by atoms with Gasteiger partial charge in [-0.1, -0.05) is 17.6 Å². The summed E-state index contributed by atoms with van der Waals surface area (Å²) in [6.07, 6.45) is 5.15. The molecule has 1 aliphatic rings. The van der Waals surface area contributed by atoms with Crippen LogP contribution in [0.5, 0.6) is 5.75 Å². The summed E-state index contributed by atoms with van der Waals surface area (Å²) in [7, 11) is 0. The highest BCUT2D eigenvalue weighted by Crippen LogP contribution is 2.31. The van der Waals surface area contributed by atoms with Crippen LogP contribution in [-0.2, 0) is 13.0 Å². The predicted octanol–water partition coefficient (Wildman–Crippen LogP) is 3.73. The maximum absolute atomic E-state index is 14.5. The lowest BCUT2D eigenvalue weighted by atomic mass is 10.0. The average Bonchev–Trinajstić information content (AvgIpc) is 3.45. The maximum Gasteiger partial charge on any atom is 0.354 e. The molecule has 10 heteroatoms. The molecule has 0 radical (unpaired) electrons. The highest BCUT2D eigenvalue weighted by Gasteiger charge is 2.21. The SMILES string of the molecule is [C-]#[N+]c1cn2c(NCc3c(F)ccc4c3CCO4)ncc(-c3ccc(C(=O)O)nc3)c2n1. The third-order valence-electron chi connectivity index (χ3n) is 5.25. The molecule has 0 aliphatic carbocycles. The van der Waals surface area contributed by atoms with Crippen molar-refractivity contribution in [2.45, 2.75) is 13.0 Å². The summed E-state index contributed by atoms with van der Waals surface area (Å²) < 4.78 is 21.6. The molecule has 0 saturated carbocycles. The van der Waals surface area contributed by atoms with Gasteiger partial charge in [0.2, 0.25) is 11.6 Å². The van der Waals surface area contributed by atoms with Crippen LogP contribution in [-0.4, -0.2) is 37.0 Å². The van der Waals surface area contributed by atoms with Crippen LogP contribution in [0, 0.1) is 12.4 Å². The van der Waals surface area contributed by atoms with Gasteiger partial charge >= 0.3 is 5.97 Å². The van der Waals surface area contributed by atoms with Gasteiger partial charge < -0.3 is 20.0 Å². The Labute approximate surface area is 181 Å². The minimum atomic E-state index is -1.12. The second-order valence-electron chi connectivity index (χ2n) is 7.09. The van der Waals surface area contributed by atoms with Crippen molar-refractivity contribution in [1.82, 2.24) is 19.4 Å². The Morgan fingerprint density at radius 2 is 2.16 bits per heavy atom. The Kier molecular flexibility index (Phi) is 4.63. The number of aromatic carboxylic acids is 1. The van der Waals surface area contributed by atoms with E-state index in [9.17, 15) is 9.18 Å². The number of pyridine rings is 1. The van der Waals surface area contributed by atoms with Crippen LogP contribution in [0.3, 0.4) is 0 Å². The Bertz CT molecular complexity index is 1410. The van der Waals surface area contributed by atoms with Crippen molar-refractivity contribution in [1.29, 1.82) is 0 Å². The number of hydrogen-bond acceptors (Lipinski definition) is 6. The molecule has 0 atom stereocenters. The average molecular weight is 430 g/mol. The molecule has 0 saturated heterocycles. The van der Waals surface area contributed by atoms with Gasteiger partial charge in [-0.25, -0.2) is 19.2 Å². The number of fused-ring (bicyclic) bond motifs is 2. The van der Waals surface area contributed by atoms with E-state index in [2.05, 4.69) is 25.1 Å². The summed E-state index contributed by atoms with van der Waals surface area (Å²) in [5, 5.41) is 12.2. The van der Waals surface area contributed by atoms with E-state index in [-0.39, 0.29) is 23.9 Å². The number of nitrogens with zero attached hydrogens (tertiary/aromatic N) is 5. The van der Waals surface area contributed by atoms with Crippen molar-refractivity contribution in [2.75, 3.05) is 11.9 Å². The minimum Gasteiger partial charge on any atom is -0.493 e. The Morgan fingerprint density at radius 1 is 1.28 bits per heavy atom. The van der Waals surface area contributed by atoms with Gasteiger partial charge in [-0.2, -0.15) is 0 Å². The van der Waals surface area contributed by atoms with Crippen molar-refractivity contribution in [3.63, 3.8) is 0 Å². The number of ether oxygens (including phenoxy) is 1. The summed E-state index contributed by atoms with van der Waals surface area (Å²) in [6, 6.07) is 6.01. The molecule has 1 aliphatic heterocycles. The van der Waals surface area contributed by atoms with Gasteiger partial charge in [-0.05, 0) is 18.2 Å². The molecule has 0 unspecified atom stereocenters. The van der Waals surface area contributed by atoms with Crippen LogP contribution in [0.4, 0.5) is 16.2 Å². The Hall–Kier alpha value is -4.52. The van der Waals surface area contributed by atoms with Gasteiger partial charge in [-0.3, -0.25) is 4.40 Å². The Morgan fingerprint density at radius 3 is 2.91 bits per heavy atom. The lowest BCUT2D eigenvalue weighted by Gasteiger charge is -2.12. The molecular weight excluding hydrogens is 415 g/mol. The summed E-state index contributed by atoms with van der Waals surface area (Å²) in [6.45, 7) is 8.01. The zero-order valence-corrected chi connectivity index (χ0v) is 16.5. The van der Waals surface area contributed by atoms with Crippen molar-refractivity contribution in [2.24, 2.45) is 0 Å². The molecule has 4 aromatic rings. The second kappa shape index (κ2) is 7.63. The number of hydrogen-bond donors (Lipinski definition) is 2. The van der Waals surface area contributed by atoms with Crippen LogP contribution in [0.15, 0.2) is 42.9 Å². The number of aromatic nitrogens is 4. The van der Waals surface area contributed by atoms with Gasteiger partial charge in [0.05, 0.1) is 12.2 Å². The van der Waals surface area contributed by atoms with E-state index in [1.165, 1.54) is 24.5 Å². The molecule has 32 heavy (non-hydrogen) atoms. The molecule has 9 nitrogen and oxygen atoms in total. The summed E-state index contributed by atoms with van der Waals surface area (Å²) in [5.74, 6) is -0.214. The van der Waals surface area contributed by atoms with Crippen molar-refractivity contribution >= 4 is 23.4 Å². The highest BCUT2D eigenvalue weighted by atomic mass is 19.1. The van der Waals surface area contributed by atoms with Crippen molar-refractivity contribution < 1.29 is 19.0 Å². The quantitative estimate of drug-likeness (QED) is 0.465. The fourth-order valence-electron chi connectivity index (χ4n) is 3.71. The molecule has 2 N–H and O–H groups in total. The van der Waals surface area contributed by atoms with Gasteiger partial charge in [-0.15, -0.1) is 0 Å². The maximum atomic E-state index is 14.5. The number of carboxylic acid groups (broad SMARTS) is 1. The fourth-order valence-corrected chi connectivity index (χ4v) is 3.71. The number of carbonyl (C=O) groups is 1. The lowest BCUT2D eigenvalue weighted by Crippen LogP contribution is -2.09. The molecule has 5 rings (SSSR count). The number of halogens is 1. The Balaban J connectivity index is 1.52. The van der Waals surface area contributed by atoms with E-state index in [4.69, 9.17) is 16.4 Å². The molecule has 4 heterocycles. The third-order valence-corrected chi connectivity index (χ3v) is 5.25. The summed E-state index contributed by atoms with van der Waals surface area (Å²) in [4.78, 5) is 27.2. The summed E-state index contributed by atoms with van der Waals surface area (Å²) in [5.41, 5.74) is 2.89. The normalized spacial score (nSPS) is 12.2. The van der Waals surface area contributed by atoms with E-state index < -0.39 is 5.97 Å². The lowest BCUT2D eigenvalue weighted by molar-refractivity contribution is 0.0690. The first kappa shape index (κ1) is 19.4. The molecule has 0 fully saturated rings. The summed E-state index contributed by atoms with van der Waals surface area (Å²) >= 11 is 0. The number of anilines is 1. The van der Waals surface area contributed by atoms with Crippen molar-refractivity contribution in [3.05, 3.63) is 76.9 Å². The molecule has 0 amide bonds. The van der Waals surface area contributed by atoms with E-state index in [1.54, 1.807) is 22.7 Å². The van der Waals surface area contributed by atoms with Crippen LogP contribution in [0.25, 0.3) is 21.6 Å². The third kappa shape index (κ3) is 3.26. The monoisotopic (exact) mass is 430 g/mol. The molecule has 1 aromatic carbocycles. The molecule has 3 aromatic heterocycles. The van der Waals surface area contributed by atoms with E-state index in [0.717, 1.165) is 5.56 Å². The highest BCUT2D eigenvalue weighted by molar-refractivity contribution is 5.86. The van der Waals surface area contributed by atoms with Crippen LogP contribution in [0.1, 0.15) is 21.6 Å². The van der Waals surface area contributed by atoms with Gasteiger partial charge in [0.1, 0.15) is 17.3 Å².